The largest absolute Gasteiger partial charge is 0.373 e. The van der Waals surface area contributed by atoms with Crippen LogP contribution in [0.1, 0.15) is 5.69 Å². The molecule has 2 N–H and O–H groups in total. The Morgan fingerprint density at radius 2 is 2.62 bits per heavy atom. The first-order valence-electron chi connectivity index (χ1n) is 4.69. The van der Waals surface area contributed by atoms with Gasteiger partial charge in [0, 0.05) is 19.7 Å². The lowest BCUT2D eigenvalue weighted by atomic mass is 10.5. The van der Waals surface area contributed by atoms with Crippen molar-refractivity contribution in [2.75, 3.05) is 20.2 Å². The SMILES string of the molecule is CN=C(NC#N)NCCOCc1ccon1. The van der Waals surface area contributed by atoms with Gasteiger partial charge in [0.1, 0.15) is 12.0 Å². The zero-order valence-corrected chi connectivity index (χ0v) is 8.93. The van der Waals surface area contributed by atoms with Gasteiger partial charge >= 0.3 is 0 Å². The Labute approximate surface area is 93.1 Å². The summed E-state index contributed by atoms with van der Waals surface area (Å²) >= 11 is 0. The molecule has 7 heteroatoms. The lowest BCUT2D eigenvalue weighted by Crippen LogP contribution is -2.36. The summed E-state index contributed by atoms with van der Waals surface area (Å²) in [6.45, 7) is 1.45. The second-order valence-electron chi connectivity index (χ2n) is 2.78. The minimum absolute atomic E-state index is 0.405. The highest BCUT2D eigenvalue weighted by Gasteiger charge is 1.97. The first-order chi connectivity index (χ1) is 7.86. The number of aromatic nitrogens is 1. The zero-order chi connectivity index (χ0) is 11.6. The molecular weight excluding hydrogens is 210 g/mol. The van der Waals surface area contributed by atoms with E-state index in [4.69, 9.17) is 10.00 Å². The fourth-order valence-corrected chi connectivity index (χ4v) is 0.962. The number of rotatable bonds is 5. The molecule has 0 radical (unpaired) electrons. The topological polar surface area (TPSA) is 95.5 Å². The van der Waals surface area contributed by atoms with Crippen molar-refractivity contribution >= 4 is 5.96 Å². The number of guanidine groups is 1. The molecule has 0 aliphatic rings. The van der Waals surface area contributed by atoms with Gasteiger partial charge in [-0.1, -0.05) is 5.16 Å². The monoisotopic (exact) mass is 223 g/mol. The molecule has 0 aromatic carbocycles. The minimum atomic E-state index is 0.405. The number of nitriles is 1. The van der Waals surface area contributed by atoms with Gasteiger partial charge in [-0.25, -0.2) is 0 Å². The Morgan fingerprint density at radius 1 is 1.75 bits per heavy atom. The molecule has 0 aliphatic carbocycles. The molecular formula is C9H13N5O2. The van der Waals surface area contributed by atoms with Crippen LogP contribution in [0.15, 0.2) is 21.8 Å². The van der Waals surface area contributed by atoms with Crippen LogP contribution in [0.25, 0.3) is 0 Å². The molecule has 0 unspecified atom stereocenters. The number of hydrogen-bond acceptors (Lipinski definition) is 5. The standard InChI is InChI=1S/C9H13N5O2/c1-11-9(13-7-10)12-3-5-15-6-8-2-4-16-14-8/h2,4H,3,5-6H2,1H3,(H2,11,12,13). The summed E-state index contributed by atoms with van der Waals surface area (Å²) in [5, 5.41) is 17.4. The van der Waals surface area contributed by atoms with Crippen molar-refractivity contribution in [1.29, 1.82) is 5.26 Å². The van der Waals surface area contributed by atoms with Gasteiger partial charge in [0.25, 0.3) is 0 Å². The molecule has 0 aliphatic heterocycles. The molecule has 1 aromatic rings. The third-order valence-electron chi connectivity index (χ3n) is 1.68. The predicted molar refractivity (Wildman–Crippen MR) is 56.3 cm³/mol. The van der Waals surface area contributed by atoms with E-state index in [-0.39, 0.29) is 0 Å². The van der Waals surface area contributed by atoms with Crippen molar-refractivity contribution in [2.24, 2.45) is 4.99 Å². The molecule has 0 atom stereocenters. The van der Waals surface area contributed by atoms with Crippen molar-refractivity contribution in [3.63, 3.8) is 0 Å². The Kier molecular flexibility index (Phi) is 5.44. The highest BCUT2D eigenvalue weighted by atomic mass is 16.5. The Morgan fingerprint density at radius 3 is 3.25 bits per heavy atom. The number of aliphatic imine (C=N–C) groups is 1. The molecule has 86 valence electrons. The van der Waals surface area contributed by atoms with Crippen LogP contribution in [-0.4, -0.2) is 31.3 Å². The Bertz CT molecular complexity index is 354. The van der Waals surface area contributed by atoms with Crippen molar-refractivity contribution in [3.8, 4) is 6.19 Å². The molecule has 1 rings (SSSR count). The van der Waals surface area contributed by atoms with Crippen LogP contribution in [0, 0.1) is 11.5 Å². The number of ether oxygens (including phenoxy) is 1. The Hall–Kier alpha value is -2.07. The van der Waals surface area contributed by atoms with Gasteiger partial charge < -0.3 is 14.6 Å². The highest BCUT2D eigenvalue weighted by Crippen LogP contribution is 1.95. The number of nitrogens with zero attached hydrogens (tertiary/aromatic N) is 3. The van der Waals surface area contributed by atoms with E-state index in [2.05, 4.69) is 25.3 Å². The maximum absolute atomic E-state index is 8.36. The second-order valence-corrected chi connectivity index (χ2v) is 2.78. The average Bonchev–Trinajstić information content (AvgIpc) is 2.80. The van der Waals surface area contributed by atoms with Gasteiger partial charge in [-0.15, -0.1) is 0 Å². The quantitative estimate of drug-likeness (QED) is 0.237. The van der Waals surface area contributed by atoms with Gasteiger partial charge in [0.15, 0.2) is 6.19 Å². The molecule has 0 fully saturated rings. The predicted octanol–water partition coefficient (Wildman–Crippen LogP) is -0.163. The van der Waals surface area contributed by atoms with E-state index >= 15 is 0 Å². The van der Waals surface area contributed by atoms with Gasteiger partial charge in [0.2, 0.25) is 5.96 Å². The van der Waals surface area contributed by atoms with E-state index in [0.29, 0.717) is 25.7 Å². The fraction of sp³-hybridized carbons (Fsp3) is 0.444. The van der Waals surface area contributed by atoms with E-state index in [1.165, 1.54) is 6.26 Å². The van der Waals surface area contributed by atoms with Crippen LogP contribution in [0.5, 0.6) is 0 Å². The summed E-state index contributed by atoms with van der Waals surface area (Å²) in [4.78, 5) is 3.81. The summed E-state index contributed by atoms with van der Waals surface area (Å²) in [7, 11) is 1.59. The lowest BCUT2D eigenvalue weighted by molar-refractivity contribution is 0.120. The lowest BCUT2D eigenvalue weighted by Gasteiger charge is -2.06. The number of nitrogens with one attached hydrogen (secondary N) is 2. The van der Waals surface area contributed by atoms with Crippen LogP contribution in [-0.2, 0) is 11.3 Å². The summed E-state index contributed by atoms with van der Waals surface area (Å²) in [5.41, 5.74) is 0.750. The van der Waals surface area contributed by atoms with Gasteiger partial charge in [0.05, 0.1) is 13.2 Å². The van der Waals surface area contributed by atoms with Crippen LogP contribution in [0.3, 0.4) is 0 Å². The van der Waals surface area contributed by atoms with E-state index < -0.39 is 0 Å². The van der Waals surface area contributed by atoms with Gasteiger partial charge in [-0.3, -0.25) is 10.3 Å². The van der Waals surface area contributed by atoms with E-state index in [1.807, 2.05) is 0 Å². The molecule has 0 saturated carbocycles. The van der Waals surface area contributed by atoms with Gasteiger partial charge in [-0.05, 0) is 0 Å². The molecule has 0 amide bonds. The molecule has 0 saturated heterocycles. The third kappa shape index (κ3) is 4.43. The van der Waals surface area contributed by atoms with Crippen LogP contribution >= 0.6 is 0 Å². The van der Waals surface area contributed by atoms with Crippen molar-refractivity contribution < 1.29 is 9.26 Å². The first-order valence-corrected chi connectivity index (χ1v) is 4.69. The van der Waals surface area contributed by atoms with Crippen molar-refractivity contribution in [2.45, 2.75) is 6.61 Å². The van der Waals surface area contributed by atoms with Gasteiger partial charge in [-0.2, -0.15) is 5.26 Å². The molecule has 16 heavy (non-hydrogen) atoms. The summed E-state index contributed by atoms with van der Waals surface area (Å²) in [6, 6.07) is 1.74. The van der Waals surface area contributed by atoms with Crippen LogP contribution < -0.4 is 10.6 Å². The molecule has 0 bridgehead atoms. The van der Waals surface area contributed by atoms with Crippen LogP contribution in [0.2, 0.25) is 0 Å². The molecule has 1 aromatic heterocycles. The van der Waals surface area contributed by atoms with E-state index in [0.717, 1.165) is 5.69 Å². The maximum Gasteiger partial charge on any atom is 0.204 e. The maximum atomic E-state index is 8.36. The van der Waals surface area contributed by atoms with Crippen molar-refractivity contribution in [1.82, 2.24) is 15.8 Å². The summed E-state index contributed by atoms with van der Waals surface area (Å²) in [6.07, 6.45) is 3.27. The number of hydrogen-bond donors (Lipinski definition) is 2. The third-order valence-corrected chi connectivity index (χ3v) is 1.68. The molecule has 7 nitrogen and oxygen atoms in total. The van der Waals surface area contributed by atoms with E-state index in [9.17, 15) is 0 Å². The van der Waals surface area contributed by atoms with E-state index in [1.54, 1.807) is 19.3 Å². The molecule has 0 spiro atoms. The normalized spacial score (nSPS) is 10.9. The van der Waals surface area contributed by atoms with Crippen molar-refractivity contribution in [3.05, 3.63) is 18.0 Å². The smallest absolute Gasteiger partial charge is 0.204 e. The fourth-order valence-electron chi connectivity index (χ4n) is 0.962. The summed E-state index contributed by atoms with van der Waals surface area (Å²) < 4.78 is 9.95. The minimum Gasteiger partial charge on any atom is -0.373 e. The zero-order valence-electron chi connectivity index (χ0n) is 8.93. The average molecular weight is 223 g/mol. The highest BCUT2D eigenvalue weighted by molar-refractivity contribution is 5.80. The first kappa shape index (κ1) is 12.0. The Balaban J connectivity index is 2.06. The second kappa shape index (κ2) is 7.25. The summed E-state index contributed by atoms with van der Waals surface area (Å²) in [5.74, 6) is 0.424. The molecule has 1 heterocycles. The van der Waals surface area contributed by atoms with Crippen LogP contribution in [0.4, 0.5) is 0 Å².